The molecule has 0 atom stereocenters. The first kappa shape index (κ1) is 15.0. The number of amidine groups is 1. The summed E-state index contributed by atoms with van der Waals surface area (Å²) in [4.78, 5) is 18.9. The van der Waals surface area contributed by atoms with Crippen LogP contribution in [0.25, 0.3) is 0 Å². The lowest BCUT2D eigenvalue weighted by molar-refractivity contribution is -0.385. The molecule has 1 aromatic heterocycles. The predicted molar refractivity (Wildman–Crippen MR) is 77.7 cm³/mol. The quantitative estimate of drug-likeness (QED) is 0.269. The lowest BCUT2D eigenvalue weighted by atomic mass is 10.2. The van der Waals surface area contributed by atoms with Crippen LogP contribution in [-0.4, -0.2) is 59.1 Å². The van der Waals surface area contributed by atoms with Crippen molar-refractivity contribution >= 4 is 17.3 Å². The number of anilines is 1. The highest BCUT2D eigenvalue weighted by Crippen LogP contribution is 2.22. The molecule has 0 amide bonds. The number of oxime groups is 1. The molecule has 1 aliphatic heterocycles. The number of nitrogens with zero attached hydrogens (tertiary/aromatic N) is 5. The number of hydrogen-bond acceptors (Lipinski definition) is 7. The molecule has 9 nitrogen and oxygen atoms in total. The maximum absolute atomic E-state index is 11.0. The molecular weight excluding hydrogens is 276 g/mol. The number of nitro groups is 1. The second-order valence-electron chi connectivity index (χ2n) is 4.92. The zero-order chi connectivity index (χ0) is 15.4. The number of aromatic nitrogens is 1. The van der Waals surface area contributed by atoms with Crippen LogP contribution < -0.4 is 10.6 Å². The van der Waals surface area contributed by atoms with Gasteiger partial charge in [-0.2, -0.15) is 0 Å². The molecule has 0 spiro atoms. The van der Waals surface area contributed by atoms with E-state index < -0.39 is 4.92 Å². The van der Waals surface area contributed by atoms with E-state index in [-0.39, 0.29) is 17.2 Å². The topological polar surface area (TPSA) is 121 Å². The molecule has 0 bridgehead atoms. The van der Waals surface area contributed by atoms with Crippen LogP contribution in [0.3, 0.4) is 0 Å². The Balaban J connectivity index is 2.35. The number of rotatable bonds is 3. The number of pyridine rings is 1. The number of likely N-dealkylation sites (N-methyl/N-ethyl adjacent to an activating group) is 1. The molecule has 1 aliphatic rings. The van der Waals surface area contributed by atoms with Gasteiger partial charge in [-0.1, -0.05) is 5.16 Å². The molecule has 114 valence electrons. The average molecular weight is 294 g/mol. The van der Waals surface area contributed by atoms with Crippen molar-refractivity contribution in [3.63, 3.8) is 0 Å². The number of hydrogen-bond donors (Lipinski definition) is 2. The van der Waals surface area contributed by atoms with E-state index in [1.807, 2.05) is 4.90 Å². The summed E-state index contributed by atoms with van der Waals surface area (Å²) in [5.41, 5.74) is 5.10. The lowest BCUT2D eigenvalue weighted by Crippen LogP contribution is -2.30. The zero-order valence-corrected chi connectivity index (χ0v) is 11.8. The smallest absolute Gasteiger partial charge is 0.298 e. The van der Waals surface area contributed by atoms with E-state index in [2.05, 4.69) is 22.1 Å². The van der Waals surface area contributed by atoms with E-state index in [0.29, 0.717) is 5.82 Å². The van der Waals surface area contributed by atoms with E-state index in [1.54, 1.807) is 6.07 Å². The van der Waals surface area contributed by atoms with Crippen LogP contribution in [0.2, 0.25) is 0 Å². The zero-order valence-electron chi connectivity index (χ0n) is 11.8. The minimum Gasteiger partial charge on any atom is -0.409 e. The molecule has 2 rings (SSSR count). The van der Waals surface area contributed by atoms with Crippen LogP contribution in [0, 0.1) is 10.1 Å². The Morgan fingerprint density at radius 1 is 1.43 bits per heavy atom. The van der Waals surface area contributed by atoms with Crippen molar-refractivity contribution in [2.24, 2.45) is 10.9 Å². The van der Waals surface area contributed by atoms with E-state index in [9.17, 15) is 10.1 Å². The van der Waals surface area contributed by atoms with Crippen LogP contribution in [0.1, 0.15) is 12.1 Å². The summed E-state index contributed by atoms with van der Waals surface area (Å²) in [5, 5.41) is 22.6. The molecule has 21 heavy (non-hydrogen) atoms. The van der Waals surface area contributed by atoms with Gasteiger partial charge in [-0.15, -0.1) is 0 Å². The largest absolute Gasteiger partial charge is 0.409 e. The summed E-state index contributed by atoms with van der Waals surface area (Å²) in [6.07, 6.45) is 0.980. The minimum absolute atomic E-state index is 0.113. The maximum atomic E-state index is 11.0. The molecule has 3 N–H and O–H groups in total. The van der Waals surface area contributed by atoms with Gasteiger partial charge in [0.05, 0.1) is 4.92 Å². The van der Waals surface area contributed by atoms with Gasteiger partial charge < -0.3 is 20.7 Å². The highest BCUT2D eigenvalue weighted by Gasteiger charge is 2.22. The fourth-order valence-corrected chi connectivity index (χ4v) is 2.28. The first-order chi connectivity index (χ1) is 10.0. The molecule has 1 fully saturated rings. The molecule has 0 aromatic carbocycles. The SMILES string of the molecule is CN1CCCN(c2ccc([N+](=O)[O-])c(/C(N)=N/O)n2)CC1. The third kappa shape index (κ3) is 3.37. The summed E-state index contributed by atoms with van der Waals surface area (Å²) in [6.45, 7) is 3.47. The van der Waals surface area contributed by atoms with E-state index >= 15 is 0 Å². The van der Waals surface area contributed by atoms with Crippen molar-refractivity contribution in [2.75, 3.05) is 38.1 Å². The van der Waals surface area contributed by atoms with Gasteiger partial charge in [0, 0.05) is 25.7 Å². The van der Waals surface area contributed by atoms with Crippen molar-refractivity contribution in [3.05, 3.63) is 27.9 Å². The number of nitrogens with two attached hydrogens (primary N) is 1. The summed E-state index contributed by atoms with van der Waals surface area (Å²) in [6, 6.07) is 2.93. The van der Waals surface area contributed by atoms with Gasteiger partial charge >= 0.3 is 0 Å². The fraction of sp³-hybridized carbons (Fsp3) is 0.500. The van der Waals surface area contributed by atoms with E-state index in [1.165, 1.54) is 6.07 Å². The van der Waals surface area contributed by atoms with E-state index in [4.69, 9.17) is 10.9 Å². The van der Waals surface area contributed by atoms with Crippen molar-refractivity contribution in [1.29, 1.82) is 0 Å². The third-order valence-corrected chi connectivity index (χ3v) is 3.45. The van der Waals surface area contributed by atoms with Crippen molar-refractivity contribution in [1.82, 2.24) is 9.88 Å². The van der Waals surface area contributed by atoms with Crippen LogP contribution >= 0.6 is 0 Å². The van der Waals surface area contributed by atoms with Gasteiger partial charge in [0.1, 0.15) is 5.82 Å². The standard InChI is InChI=1S/C12H18N6O3/c1-16-5-2-6-17(8-7-16)10-4-3-9(18(20)21)11(14-10)12(13)15-19/h3-4,19H,2,5-8H2,1H3,(H2,13,15). The molecular formula is C12H18N6O3. The van der Waals surface area contributed by atoms with Gasteiger partial charge in [-0.05, 0) is 26.1 Å². The first-order valence-electron chi connectivity index (χ1n) is 6.59. The van der Waals surface area contributed by atoms with Crippen molar-refractivity contribution in [2.45, 2.75) is 6.42 Å². The van der Waals surface area contributed by atoms with Gasteiger partial charge in [0.15, 0.2) is 11.5 Å². The average Bonchev–Trinajstić information content (AvgIpc) is 2.70. The van der Waals surface area contributed by atoms with Gasteiger partial charge in [-0.25, -0.2) is 4.98 Å². The van der Waals surface area contributed by atoms with Crippen LogP contribution in [-0.2, 0) is 0 Å². The third-order valence-electron chi connectivity index (χ3n) is 3.45. The molecule has 0 unspecified atom stereocenters. The molecule has 9 heteroatoms. The highest BCUT2D eigenvalue weighted by molar-refractivity contribution is 5.99. The first-order valence-corrected chi connectivity index (χ1v) is 6.59. The minimum atomic E-state index is -0.597. The molecule has 2 heterocycles. The molecule has 0 saturated carbocycles. The van der Waals surface area contributed by atoms with Crippen LogP contribution in [0.15, 0.2) is 17.3 Å². The van der Waals surface area contributed by atoms with E-state index in [0.717, 1.165) is 32.6 Å². The Bertz CT molecular complexity index is 562. The molecule has 0 aliphatic carbocycles. The van der Waals surface area contributed by atoms with Gasteiger partial charge in [0.25, 0.3) is 5.69 Å². The lowest BCUT2D eigenvalue weighted by Gasteiger charge is -2.21. The fourth-order valence-electron chi connectivity index (χ4n) is 2.28. The second kappa shape index (κ2) is 6.35. The van der Waals surface area contributed by atoms with Crippen molar-refractivity contribution in [3.8, 4) is 0 Å². The maximum Gasteiger partial charge on any atom is 0.298 e. The van der Waals surface area contributed by atoms with Gasteiger partial charge in [-0.3, -0.25) is 10.1 Å². The molecule has 1 saturated heterocycles. The van der Waals surface area contributed by atoms with Crippen LogP contribution in [0.4, 0.5) is 11.5 Å². The Labute approximate surface area is 121 Å². The normalized spacial score (nSPS) is 17.6. The Morgan fingerprint density at radius 3 is 2.86 bits per heavy atom. The van der Waals surface area contributed by atoms with Gasteiger partial charge in [0.2, 0.25) is 0 Å². The summed E-state index contributed by atoms with van der Waals surface area (Å²) < 4.78 is 0. The second-order valence-corrected chi connectivity index (χ2v) is 4.92. The Morgan fingerprint density at radius 2 is 2.19 bits per heavy atom. The summed E-state index contributed by atoms with van der Waals surface area (Å²) >= 11 is 0. The summed E-state index contributed by atoms with van der Waals surface area (Å²) in [7, 11) is 2.05. The van der Waals surface area contributed by atoms with Crippen LogP contribution in [0.5, 0.6) is 0 Å². The van der Waals surface area contributed by atoms with Crippen molar-refractivity contribution < 1.29 is 10.1 Å². The highest BCUT2D eigenvalue weighted by atomic mass is 16.6. The molecule has 1 aromatic rings. The monoisotopic (exact) mass is 294 g/mol. The summed E-state index contributed by atoms with van der Waals surface area (Å²) in [5.74, 6) is 0.230. The Hall–Kier alpha value is -2.42. The Kier molecular flexibility index (Phi) is 4.53. The molecule has 0 radical (unpaired) electrons. The predicted octanol–water partition coefficient (Wildman–Crippen LogP) is 0.226.